The van der Waals surface area contributed by atoms with Crippen molar-refractivity contribution in [2.24, 2.45) is 5.92 Å². The SMILES string of the molecule is CNc1cccc(C(=O)NCC2CCN(C)C2)c1[N+](=O)[O-]. The van der Waals surface area contributed by atoms with Crippen LogP contribution in [0, 0.1) is 16.0 Å². The predicted molar refractivity (Wildman–Crippen MR) is 80.6 cm³/mol. The molecule has 1 saturated heterocycles. The molecule has 0 saturated carbocycles. The largest absolute Gasteiger partial charge is 0.383 e. The van der Waals surface area contributed by atoms with Crippen molar-refractivity contribution in [2.75, 3.05) is 39.0 Å². The molecule has 2 rings (SSSR count). The van der Waals surface area contributed by atoms with Crippen molar-refractivity contribution in [3.05, 3.63) is 33.9 Å². The summed E-state index contributed by atoms with van der Waals surface area (Å²) in [6.45, 7) is 2.51. The van der Waals surface area contributed by atoms with Gasteiger partial charge in [0.2, 0.25) is 0 Å². The number of carbonyl (C=O) groups is 1. The number of hydrogen-bond acceptors (Lipinski definition) is 5. The molecule has 0 bridgehead atoms. The molecule has 1 fully saturated rings. The molecule has 1 heterocycles. The Morgan fingerprint density at radius 3 is 2.86 bits per heavy atom. The van der Waals surface area contributed by atoms with Gasteiger partial charge in [-0.15, -0.1) is 0 Å². The maximum Gasteiger partial charge on any atom is 0.305 e. The van der Waals surface area contributed by atoms with E-state index in [1.54, 1.807) is 19.2 Å². The monoisotopic (exact) mass is 292 g/mol. The molecule has 0 radical (unpaired) electrons. The minimum atomic E-state index is -0.524. The van der Waals surface area contributed by atoms with E-state index in [-0.39, 0.29) is 11.3 Å². The van der Waals surface area contributed by atoms with Gasteiger partial charge in [-0.25, -0.2) is 0 Å². The number of carbonyl (C=O) groups excluding carboxylic acids is 1. The third-order valence-corrected chi connectivity index (χ3v) is 3.77. The molecule has 1 unspecified atom stereocenters. The van der Waals surface area contributed by atoms with E-state index in [0.29, 0.717) is 18.2 Å². The lowest BCUT2D eigenvalue weighted by Crippen LogP contribution is -2.31. The Morgan fingerprint density at radius 2 is 2.29 bits per heavy atom. The summed E-state index contributed by atoms with van der Waals surface area (Å²) in [5.74, 6) is 0.0128. The smallest absolute Gasteiger partial charge is 0.305 e. The van der Waals surface area contributed by atoms with Crippen LogP contribution in [0.5, 0.6) is 0 Å². The van der Waals surface area contributed by atoms with Gasteiger partial charge in [0.05, 0.1) is 4.92 Å². The van der Waals surface area contributed by atoms with E-state index in [2.05, 4.69) is 15.5 Å². The van der Waals surface area contributed by atoms with Gasteiger partial charge >= 0.3 is 5.69 Å². The van der Waals surface area contributed by atoms with Gasteiger partial charge in [0.25, 0.3) is 5.91 Å². The highest BCUT2D eigenvalue weighted by molar-refractivity contribution is 6.00. The van der Waals surface area contributed by atoms with Crippen LogP contribution in [0.1, 0.15) is 16.8 Å². The first kappa shape index (κ1) is 15.2. The summed E-state index contributed by atoms with van der Waals surface area (Å²) >= 11 is 0. The Bertz CT molecular complexity index is 547. The molecule has 7 nitrogen and oxygen atoms in total. The Hall–Kier alpha value is -2.15. The second kappa shape index (κ2) is 6.53. The molecule has 1 amide bonds. The lowest BCUT2D eigenvalue weighted by Gasteiger charge is -2.12. The van der Waals surface area contributed by atoms with Crippen molar-refractivity contribution in [2.45, 2.75) is 6.42 Å². The maximum atomic E-state index is 12.2. The van der Waals surface area contributed by atoms with Crippen LogP contribution in [0.15, 0.2) is 18.2 Å². The van der Waals surface area contributed by atoms with Crippen LogP contribution in [0.2, 0.25) is 0 Å². The van der Waals surface area contributed by atoms with Gasteiger partial charge in [0, 0.05) is 20.1 Å². The van der Waals surface area contributed by atoms with Gasteiger partial charge < -0.3 is 15.5 Å². The number of likely N-dealkylation sites (tertiary alicyclic amines) is 1. The quantitative estimate of drug-likeness (QED) is 0.631. The molecule has 1 aliphatic heterocycles. The molecule has 1 aromatic carbocycles. The first-order chi connectivity index (χ1) is 10.0. The van der Waals surface area contributed by atoms with Crippen molar-refractivity contribution >= 4 is 17.3 Å². The fourth-order valence-electron chi connectivity index (χ4n) is 2.65. The molecule has 2 N–H and O–H groups in total. The first-order valence-electron chi connectivity index (χ1n) is 6.94. The third-order valence-electron chi connectivity index (χ3n) is 3.77. The van der Waals surface area contributed by atoms with Crippen LogP contribution in [-0.4, -0.2) is 49.5 Å². The first-order valence-corrected chi connectivity index (χ1v) is 6.94. The number of nitro benzene ring substituents is 1. The number of benzene rings is 1. The Kier molecular flexibility index (Phi) is 4.74. The molecule has 7 heteroatoms. The van der Waals surface area contributed by atoms with Crippen molar-refractivity contribution < 1.29 is 9.72 Å². The molecule has 21 heavy (non-hydrogen) atoms. The van der Waals surface area contributed by atoms with E-state index in [0.717, 1.165) is 19.5 Å². The van der Waals surface area contributed by atoms with Crippen LogP contribution >= 0.6 is 0 Å². The fraction of sp³-hybridized carbons (Fsp3) is 0.500. The number of rotatable bonds is 5. The molecular formula is C14H20N4O3. The number of nitrogens with zero attached hydrogens (tertiary/aromatic N) is 2. The van der Waals surface area contributed by atoms with Gasteiger partial charge in [0.15, 0.2) is 0 Å². The lowest BCUT2D eigenvalue weighted by molar-refractivity contribution is -0.384. The summed E-state index contributed by atoms with van der Waals surface area (Å²) in [5.41, 5.74) is 0.257. The van der Waals surface area contributed by atoms with Gasteiger partial charge in [-0.1, -0.05) is 6.07 Å². The number of nitro groups is 1. The predicted octanol–water partition coefficient (Wildman–Crippen LogP) is 1.32. The highest BCUT2D eigenvalue weighted by Crippen LogP contribution is 2.28. The summed E-state index contributed by atoms with van der Waals surface area (Å²) in [6.07, 6.45) is 1.04. The van der Waals surface area contributed by atoms with E-state index in [4.69, 9.17) is 0 Å². The second-order valence-electron chi connectivity index (χ2n) is 5.34. The summed E-state index contributed by atoms with van der Waals surface area (Å²) in [5, 5.41) is 16.7. The number of hydrogen-bond donors (Lipinski definition) is 2. The zero-order valence-corrected chi connectivity index (χ0v) is 12.3. The average Bonchev–Trinajstić information content (AvgIpc) is 2.89. The second-order valence-corrected chi connectivity index (χ2v) is 5.34. The van der Waals surface area contributed by atoms with Crippen LogP contribution in [0.4, 0.5) is 11.4 Å². The van der Waals surface area contributed by atoms with E-state index in [1.165, 1.54) is 6.07 Å². The Morgan fingerprint density at radius 1 is 1.52 bits per heavy atom. The summed E-state index contributed by atoms with van der Waals surface area (Å²) in [6, 6.07) is 4.70. The topological polar surface area (TPSA) is 87.5 Å². The van der Waals surface area contributed by atoms with E-state index in [9.17, 15) is 14.9 Å². The van der Waals surface area contributed by atoms with Gasteiger partial charge in [0.1, 0.15) is 11.3 Å². The third kappa shape index (κ3) is 3.49. The minimum absolute atomic E-state index is 0.0956. The minimum Gasteiger partial charge on any atom is -0.383 e. The number of amides is 1. The molecule has 1 atom stereocenters. The molecule has 1 aliphatic rings. The zero-order chi connectivity index (χ0) is 15.4. The Labute approximate surface area is 123 Å². The van der Waals surface area contributed by atoms with Crippen LogP contribution in [0.25, 0.3) is 0 Å². The van der Waals surface area contributed by atoms with E-state index >= 15 is 0 Å². The average molecular weight is 292 g/mol. The number of anilines is 1. The van der Waals surface area contributed by atoms with Gasteiger partial charge in [-0.3, -0.25) is 14.9 Å². The maximum absolute atomic E-state index is 12.2. The Balaban J connectivity index is 2.10. The molecule has 114 valence electrons. The number of para-hydroxylation sites is 1. The standard InChI is InChI=1S/C14H20N4O3/c1-15-12-5-3-4-11(13(12)18(20)21)14(19)16-8-10-6-7-17(2)9-10/h3-5,10,15H,6-9H2,1-2H3,(H,16,19). The van der Waals surface area contributed by atoms with Crippen molar-refractivity contribution in [3.8, 4) is 0 Å². The van der Waals surface area contributed by atoms with E-state index < -0.39 is 10.8 Å². The molecule has 0 spiro atoms. The fourth-order valence-corrected chi connectivity index (χ4v) is 2.65. The zero-order valence-electron chi connectivity index (χ0n) is 12.3. The van der Waals surface area contributed by atoms with Crippen molar-refractivity contribution in [1.29, 1.82) is 0 Å². The van der Waals surface area contributed by atoms with Crippen LogP contribution < -0.4 is 10.6 Å². The van der Waals surface area contributed by atoms with Gasteiger partial charge in [-0.05, 0) is 38.1 Å². The van der Waals surface area contributed by atoms with E-state index in [1.807, 2.05) is 7.05 Å². The molecule has 0 aliphatic carbocycles. The van der Waals surface area contributed by atoms with Crippen molar-refractivity contribution in [1.82, 2.24) is 10.2 Å². The normalized spacial score (nSPS) is 18.5. The molecule has 0 aromatic heterocycles. The lowest BCUT2D eigenvalue weighted by atomic mass is 10.1. The van der Waals surface area contributed by atoms with Gasteiger partial charge in [-0.2, -0.15) is 0 Å². The molecular weight excluding hydrogens is 272 g/mol. The summed E-state index contributed by atoms with van der Waals surface area (Å²) < 4.78 is 0. The summed E-state index contributed by atoms with van der Waals surface area (Å²) in [7, 11) is 3.64. The number of nitrogens with one attached hydrogen (secondary N) is 2. The highest BCUT2D eigenvalue weighted by atomic mass is 16.6. The summed E-state index contributed by atoms with van der Waals surface area (Å²) in [4.78, 5) is 25.1. The van der Waals surface area contributed by atoms with Crippen LogP contribution in [-0.2, 0) is 0 Å². The molecule has 1 aromatic rings. The van der Waals surface area contributed by atoms with Crippen molar-refractivity contribution in [3.63, 3.8) is 0 Å². The highest BCUT2D eigenvalue weighted by Gasteiger charge is 2.25. The van der Waals surface area contributed by atoms with Crippen LogP contribution in [0.3, 0.4) is 0 Å².